The third-order valence-corrected chi connectivity index (χ3v) is 3.57. The third-order valence-electron chi connectivity index (χ3n) is 2.25. The van der Waals surface area contributed by atoms with Crippen LogP contribution in [-0.2, 0) is 33.4 Å². The SMILES string of the molecule is C=C(C)C(=O)OCCCOS(=O)(=O)CCCOC(=O)C(=C)C.[H-].[H-].[Mg+2]. The van der Waals surface area contributed by atoms with Crippen molar-refractivity contribution in [1.82, 2.24) is 0 Å². The molecule has 0 rings (SSSR count). The molecule has 0 N–H and O–H groups in total. The van der Waals surface area contributed by atoms with Gasteiger partial charge in [0, 0.05) is 17.6 Å². The van der Waals surface area contributed by atoms with Crippen LogP contribution >= 0.6 is 0 Å². The number of hydrogen-bond acceptors (Lipinski definition) is 7. The van der Waals surface area contributed by atoms with Crippen molar-refractivity contribution >= 4 is 45.1 Å². The van der Waals surface area contributed by atoms with Crippen LogP contribution in [0.1, 0.15) is 29.5 Å². The molecule has 0 amide bonds. The number of rotatable bonds is 11. The minimum absolute atomic E-state index is 0. The molecule has 0 aliphatic heterocycles. The molecule has 0 saturated heterocycles. The molecule has 0 fully saturated rings. The first kappa shape index (κ1) is 24.3. The Bertz CT molecular complexity index is 535. The molecule has 0 radical (unpaired) electrons. The van der Waals surface area contributed by atoms with Gasteiger partial charge >= 0.3 is 35.0 Å². The number of carbonyl (C=O) groups excluding carboxylic acids is 2. The maximum atomic E-state index is 11.5. The second-order valence-corrected chi connectivity index (χ2v) is 6.38. The fraction of sp³-hybridized carbons (Fsp3) is 0.571. The Morgan fingerprint density at radius 2 is 1.35 bits per heavy atom. The maximum Gasteiger partial charge on any atom is 2.00 e. The summed E-state index contributed by atoms with van der Waals surface area (Å²) in [5, 5.41) is 0. The molecule has 0 spiro atoms. The van der Waals surface area contributed by atoms with Gasteiger partial charge in [-0.2, -0.15) is 8.42 Å². The molecule has 0 bridgehead atoms. The quantitative estimate of drug-likeness (QED) is 0.179. The van der Waals surface area contributed by atoms with Gasteiger partial charge in [0.1, 0.15) is 0 Å². The zero-order valence-electron chi connectivity index (χ0n) is 15.6. The Morgan fingerprint density at radius 3 is 1.78 bits per heavy atom. The number of esters is 2. The molecule has 0 saturated carbocycles. The summed E-state index contributed by atoms with van der Waals surface area (Å²) in [5.41, 5.74) is 0.529. The molecular weight excluding hydrogens is 337 g/mol. The van der Waals surface area contributed by atoms with Crippen LogP contribution in [0.3, 0.4) is 0 Å². The number of carbonyl (C=O) groups is 2. The van der Waals surface area contributed by atoms with E-state index in [0.717, 1.165) is 0 Å². The Hall–Kier alpha value is -0.904. The molecule has 0 aliphatic rings. The van der Waals surface area contributed by atoms with Gasteiger partial charge in [-0.1, -0.05) is 13.2 Å². The largest absolute Gasteiger partial charge is 2.00 e. The Morgan fingerprint density at radius 1 is 0.913 bits per heavy atom. The topological polar surface area (TPSA) is 96.0 Å². The van der Waals surface area contributed by atoms with Crippen molar-refractivity contribution in [1.29, 1.82) is 0 Å². The molecule has 0 aliphatic carbocycles. The maximum absolute atomic E-state index is 11.5. The van der Waals surface area contributed by atoms with Crippen molar-refractivity contribution in [2.24, 2.45) is 0 Å². The van der Waals surface area contributed by atoms with E-state index in [2.05, 4.69) is 13.2 Å². The smallest absolute Gasteiger partial charge is 1.00 e. The average molecular weight is 361 g/mol. The van der Waals surface area contributed by atoms with Crippen molar-refractivity contribution in [2.45, 2.75) is 26.7 Å². The summed E-state index contributed by atoms with van der Waals surface area (Å²) in [4.78, 5) is 22.1. The first-order chi connectivity index (χ1) is 10.2. The van der Waals surface area contributed by atoms with Crippen molar-refractivity contribution in [3.8, 4) is 0 Å². The predicted octanol–water partition coefficient (Wildman–Crippen LogP) is 1.20. The second-order valence-electron chi connectivity index (χ2n) is 4.62. The standard InChI is InChI=1S/C14H22O7S.Mg.2H/c1-11(2)13(15)19-7-5-9-21-22(17,18)10-6-8-20-14(16)12(3)4;;;/h1,3,5-10H2,2,4H3;;;/q;+2;2*-1. The van der Waals surface area contributed by atoms with Crippen LogP contribution in [0.4, 0.5) is 0 Å². The van der Waals surface area contributed by atoms with Gasteiger partial charge in [0.15, 0.2) is 0 Å². The monoisotopic (exact) mass is 360 g/mol. The molecule has 0 aromatic carbocycles. The van der Waals surface area contributed by atoms with E-state index in [1.807, 2.05) is 0 Å². The van der Waals surface area contributed by atoms with Gasteiger partial charge in [0.05, 0.1) is 25.6 Å². The molecule has 0 atom stereocenters. The molecule has 0 unspecified atom stereocenters. The van der Waals surface area contributed by atoms with Gasteiger partial charge < -0.3 is 12.3 Å². The zero-order chi connectivity index (χ0) is 17.2. The van der Waals surface area contributed by atoms with Crippen LogP contribution in [-0.4, -0.2) is 69.0 Å². The normalized spacial score (nSPS) is 10.3. The van der Waals surface area contributed by atoms with E-state index >= 15 is 0 Å². The van der Waals surface area contributed by atoms with Crippen LogP contribution in [0.15, 0.2) is 24.3 Å². The van der Waals surface area contributed by atoms with Gasteiger partial charge in [-0.05, 0) is 20.3 Å². The Labute approximate surface area is 156 Å². The summed E-state index contributed by atoms with van der Waals surface area (Å²) in [6.45, 7) is 9.78. The van der Waals surface area contributed by atoms with Crippen LogP contribution in [0.5, 0.6) is 0 Å². The van der Waals surface area contributed by atoms with E-state index in [-0.39, 0.29) is 75.5 Å². The predicted molar refractivity (Wildman–Crippen MR) is 88.5 cm³/mol. The molecule has 7 nitrogen and oxygen atoms in total. The molecule has 130 valence electrons. The molecule has 23 heavy (non-hydrogen) atoms. The summed E-state index contributed by atoms with van der Waals surface area (Å²) in [7, 11) is -3.69. The van der Waals surface area contributed by atoms with E-state index in [1.165, 1.54) is 13.8 Å². The second kappa shape index (κ2) is 12.5. The van der Waals surface area contributed by atoms with Gasteiger partial charge in [0.2, 0.25) is 0 Å². The van der Waals surface area contributed by atoms with E-state index in [9.17, 15) is 18.0 Å². The fourth-order valence-corrected chi connectivity index (χ4v) is 2.08. The third kappa shape index (κ3) is 13.2. The van der Waals surface area contributed by atoms with Gasteiger partial charge in [0.25, 0.3) is 10.1 Å². The van der Waals surface area contributed by atoms with Crippen LogP contribution in [0.2, 0.25) is 0 Å². The van der Waals surface area contributed by atoms with Crippen molar-refractivity contribution in [2.75, 3.05) is 25.6 Å². The van der Waals surface area contributed by atoms with Crippen molar-refractivity contribution < 1.29 is 34.5 Å². The Balaban J connectivity index is -0.000000735. The zero-order valence-corrected chi connectivity index (χ0v) is 15.9. The van der Waals surface area contributed by atoms with Gasteiger partial charge in [-0.15, -0.1) is 0 Å². The van der Waals surface area contributed by atoms with Gasteiger partial charge in [-0.25, -0.2) is 9.59 Å². The van der Waals surface area contributed by atoms with Gasteiger partial charge in [-0.3, -0.25) is 4.18 Å². The number of hydrogen-bond donors (Lipinski definition) is 0. The summed E-state index contributed by atoms with van der Waals surface area (Å²) in [6.07, 6.45) is 0.384. The summed E-state index contributed by atoms with van der Waals surface area (Å²) < 4.78 is 37.3. The molecular formula is C14H24MgO7S. The van der Waals surface area contributed by atoms with Crippen molar-refractivity contribution in [3.05, 3.63) is 24.3 Å². The van der Waals surface area contributed by atoms with Crippen LogP contribution in [0.25, 0.3) is 0 Å². The van der Waals surface area contributed by atoms with Crippen LogP contribution in [0, 0.1) is 0 Å². The summed E-state index contributed by atoms with van der Waals surface area (Å²) >= 11 is 0. The van der Waals surface area contributed by atoms with E-state index < -0.39 is 22.1 Å². The van der Waals surface area contributed by atoms with E-state index in [4.69, 9.17) is 13.7 Å². The number of ether oxygens (including phenoxy) is 2. The minimum atomic E-state index is -3.69. The van der Waals surface area contributed by atoms with Crippen LogP contribution < -0.4 is 0 Å². The van der Waals surface area contributed by atoms with E-state index in [0.29, 0.717) is 0 Å². The molecule has 9 heteroatoms. The first-order valence-corrected chi connectivity index (χ1v) is 8.26. The summed E-state index contributed by atoms with van der Waals surface area (Å²) in [5.74, 6) is -1.35. The van der Waals surface area contributed by atoms with E-state index in [1.54, 1.807) is 0 Å². The summed E-state index contributed by atoms with van der Waals surface area (Å²) in [6, 6.07) is 0. The fourth-order valence-electron chi connectivity index (χ4n) is 1.12. The minimum Gasteiger partial charge on any atom is -1.00 e. The molecule has 0 heterocycles. The first-order valence-electron chi connectivity index (χ1n) is 6.68. The molecule has 0 aromatic heterocycles. The Kier molecular flexibility index (Phi) is 13.2. The molecule has 0 aromatic rings. The van der Waals surface area contributed by atoms with Crippen molar-refractivity contribution in [3.63, 3.8) is 0 Å². The average Bonchev–Trinajstić information content (AvgIpc) is 2.42.